The molecule has 0 aliphatic carbocycles. The van der Waals surface area contributed by atoms with Crippen molar-refractivity contribution in [2.75, 3.05) is 18.0 Å². The number of aliphatic hydroxyl groups is 1. The average Bonchev–Trinajstić information content (AvgIpc) is 3.02. The Morgan fingerprint density at radius 1 is 1.11 bits per heavy atom. The van der Waals surface area contributed by atoms with E-state index < -0.39 is 12.1 Å². The number of aromatic carboxylic acids is 1. The molecule has 0 unspecified atom stereocenters. The zero-order valence-electron chi connectivity index (χ0n) is 14.4. The van der Waals surface area contributed by atoms with Crippen LogP contribution in [0.2, 0.25) is 5.02 Å². The molecule has 0 spiro atoms. The van der Waals surface area contributed by atoms with Crippen LogP contribution in [0.1, 0.15) is 16.2 Å². The zero-order valence-corrected chi connectivity index (χ0v) is 15.2. The Labute approximate surface area is 161 Å². The number of carbonyl (C=O) groups is 1. The highest BCUT2D eigenvalue weighted by Crippen LogP contribution is 2.27. The summed E-state index contributed by atoms with van der Waals surface area (Å²) < 4.78 is 0. The molecule has 6 nitrogen and oxygen atoms in total. The summed E-state index contributed by atoms with van der Waals surface area (Å²) in [6, 6.07) is 15.2. The molecule has 2 atom stereocenters. The number of aliphatic hydroxyl groups excluding tert-OH is 1. The van der Waals surface area contributed by atoms with Crippen LogP contribution in [-0.2, 0) is 6.42 Å². The maximum atomic E-state index is 11.2. The van der Waals surface area contributed by atoms with Crippen LogP contribution in [0, 0.1) is 5.92 Å². The lowest BCUT2D eigenvalue weighted by Crippen LogP contribution is -2.23. The van der Waals surface area contributed by atoms with Crippen molar-refractivity contribution in [2.24, 2.45) is 5.92 Å². The van der Waals surface area contributed by atoms with E-state index in [4.69, 9.17) is 11.6 Å². The fraction of sp³-hybridized carbons (Fsp3) is 0.250. The van der Waals surface area contributed by atoms with E-state index in [-0.39, 0.29) is 16.6 Å². The van der Waals surface area contributed by atoms with Crippen LogP contribution in [-0.4, -0.2) is 45.3 Å². The minimum Gasteiger partial charge on any atom is -0.476 e. The number of nitrogens with zero attached hydrogens (tertiary/aromatic N) is 3. The van der Waals surface area contributed by atoms with Crippen LogP contribution in [0.4, 0.5) is 5.82 Å². The van der Waals surface area contributed by atoms with E-state index in [9.17, 15) is 15.0 Å². The number of carboxylic acid groups (broad SMARTS) is 1. The maximum Gasteiger partial charge on any atom is 0.356 e. The first-order valence-corrected chi connectivity index (χ1v) is 9.06. The van der Waals surface area contributed by atoms with Gasteiger partial charge in [0.15, 0.2) is 5.69 Å². The second-order valence-corrected chi connectivity index (χ2v) is 7.14. The fourth-order valence-corrected chi connectivity index (χ4v) is 3.68. The number of pyridine rings is 2. The Kier molecular flexibility index (Phi) is 4.68. The van der Waals surface area contributed by atoms with Crippen molar-refractivity contribution in [3.8, 4) is 0 Å². The summed E-state index contributed by atoms with van der Waals surface area (Å²) in [4.78, 5) is 21.9. The van der Waals surface area contributed by atoms with E-state index in [1.165, 1.54) is 6.07 Å². The summed E-state index contributed by atoms with van der Waals surface area (Å²) in [5.41, 5.74) is 1.68. The first kappa shape index (κ1) is 17.7. The van der Waals surface area contributed by atoms with E-state index >= 15 is 0 Å². The second-order valence-electron chi connectivity index (χ2n) is 6.74. The molecular weight excluding hydrogens is 366 g/mol. The van der Waals surface area contributed by atoms with Gasteiger partial charge < -0.3 is 15.1 Å². The Hall–Kier alpha value is -2.70. The maximum absolute atomic E-state index is 11.2. The molecule has 138 valence electrons. The third kappa shape index (κ3) is 3.59. The van der Waals surface area contributed by atoms with E-state index in [0.29, 0.717) is 25.3 Å². The van der Waals surface area contributed by atoms with Crippen molar-refractivity contribution in [3.05, 3.63) is 64.9 Å². The Morgan fingerprint density at radius 2 is 1.93 bits per heavy atom. The molecule has 2 N–H and O–H groups in total. The van der Waals surface area contributed by atoms with Gasteiger partial charge in [-0.2, -0.15) is 0 Å². The van der Waals surface area contributed by atoms with Crippen molar-refractivity contribution in [3.63, 3.8) is 0 Å². The number of benzene rings is 1. The van der Waals surface area contributed by atoms with Gasteiger partial charge in [-0.25, -0.2) is 9.78 Å². The molecule has 3 aromatic rings. The summed E-state index contributed by atoms with van der Waals surface area (Å²) in [5, 5.41) is 20.9. The van der Waals surface area contributed by atoms with Crippen molar-refractivity contribution < 1.29 is 15.0 Å². The first-order valence-electron chi connectivity index (χ1n) is 8.69. The second kappa shape index (κ2) is 7.13. The number of carboxylic acids is 1. The highest BCUT2D eigenvalue weighted by atomic mass is 35.5. The molecule has 1 fully saturated rings. The molecule has 0 radical (unpaired) electrons. The van der Waals surface area contributed by atoms with Crippen molar-refractivity contribution >= 4 is 34.3 Å². The number of hydrogen-bond donors (Lipinski definition) is 2. The van der Waals surface area contributed by atoms with Crippen LogP contribution in [0.15, 0.2) is 48.5 Å². The van der Waals surface area contributed by atoms with Gasteiger partial charge in [0.2, 0.25) is 0 Å². The Bertz CT molecular complexity index is 1010. The molecule has 0 saturated carbocycles. The minimum absolute atomic E-state index is 0.00980. The SMILES string of the molecule is O=C(O)c1nc(N2C[C@@H](Cc3ccc4ccccc4n3)[C@H](O)C2)ccc1Cl. The van der Waals surface area contributed by atoms with Crippen molar-refractivity contribution in [1.29, 1.82) is 0 Å². The molecule has 3 heterocycles. The first-order chi connectivity index (χ1) is 13.0. The lowest BCUT2D eigenvalue weighted by molar-refractivity contribution is 0.0691. The normalized spacial score (nSPS) is 19.6. The quantitative estimate of drug-likeness (QED) is 0.720. The minimum atomic E-state index is -1.17. The molecule has 7 heteroatoms. The van der Waals surface area contributed by atoms with Gasteiger partial charge in [0.05, 0.1) is 16.6 Å². The Morgan fingerprint density at radius 3 is 2.74 bits per heavy atom. The highest BCUT2D eigenvalue weighted by molar-refractivity contribution is 6.33. The van der Waals surface area contributed by atoms with E-state index in [2.05, 4.69) is 9.97 Å². The monoisotopic (exact) mass is 383 g/mol. The van der Waals surface area contributed by atoms with Gasteiger partial charge in [0, 0.05) is 30.1 Å². The summed E-state index contributed by atoms with van der Waals surface area (Å²) >= 11 is 5.89. The molecule has 0 amide bonds. The third-order valence-electron chi connectivity index (χ3n) is 4.89. The fourth-order valence-electron chi connectivity index (χ4n) is 3.49. The third-order valence-corrected chi connectivity index (χ3v) is 5.20. The predicted octanol–water partition coefficient (Wildman–Crippen LogP) is 3.02. The van der Waals surface area contributed by atoms with Gasteiger partial charge in [-0.1, -0.05) is 35.9 Å². The summed E-state index contributed by atoms with van der Waals surface area (Å²) in [5.74, 6) is -0.673. The zero-order chi connectivity index (χ0) is 19.0. The van der Waals surface area contributed by atoms with E-state index in [1.54, 1.807) is 6.07 Å². The summed E-state index contributed by atoms with van der Waals surface area (Å²) in [6.45, 7) is 0.968. The van der Waals surface area contributed by atoms with Gasteiger partial charge >= 0.3 is 5.97 Å². The molecule has 0 bridgehead atoms. The Balaban J connectivity index is 1.52. The number of rotatable bonds is 4. The van der Waals surface area contributed by atoms with E-state index in [1.807, 2.05) is 41.3 Å². The van der Waals surface area contributed by atoms with Crippen LogP contribution in [0.3, 0.4) is 0 Å². The number of anilines is 1. The van der Waals surface area contributed by atoms with Crippen molar-refractivity contribution in [2.45, 2.75) is 12.5 Å². The van der Waals surface area contributed by atoms with E-state index in [0.717, 1.165) is 16.6 Å². The molecule has 27 heavy (non-hydrogen) atoms. The summed E-state index contributed by atoms with van der Waals surface area (Å²) in [7, 11) is 0. The number of aromatic nitrogens is 2. The molecule has 1 aliphatic heterocycles. The molecule has 1 saturated heterocycles. The molecular formula is C20H18ClN3O3. The standard InChI is InChI=1S/C20H18ClN3O3/c21-15-7-8-18(23-19(15)20(26)27)24-10-13(17(25)11-24)9-14-6-5-12-3-1-2-4-16(12)22-14/h1-8,13,17,25H,9-11H2,(H,26,27)/t13-,17-/m1/s1. The molecule has 1 aliphatic rings. The van der Waals surface area contributed by atoms with Gasteiger partial charge in [0.25, 0.3) is 0 Å². The smallest absolute Gasteiger partial charge is 0.356 e. The lowest BCUT2D eigenvalue weighted by atomic mass is 9.99. The molecule has 1 aromatic carbocycles. The number of fused-ring (bicyclic) bond motifs is 1. The molecule has 4 rings (SSSR count). The number of para-hydroxylation sites is 1. The highest BCUT2D eigenvalue weighted by Gasteiger charge is 2.33. The molecule has 2 aromatic heterocycles. The number of β-amino-alcohol motifs (C(OH)–C–C–N with tert-alkyl or cyclic N) is 1. The van der Waals surface area contributed by atoms with Gasteiger partial charge in [0.1, 0.15) is 5.82 Å². The number of halogens is 1. The van der Waals surface area contributed by atoms with Crippen LogP contribution < -0.4 is 4.90 Å². The van der Waals surface area contributed by atoms with Crippen LogP contribution in [0.5, 0.6) is 0 Å². The van der Waals surface area contributed by atoms with Gasteiger partial charge in [-0.15, -0.1) is 0 Å². The lowest BCUT2D eigenvalue weighted by Gasteiger charge is -2.17. The number of hydrogen-bond acceptors (Lipinski definition) is 5. The summed E-state index contributed by atoms with van der Waals surface area (Å²) in [6.07, 6.45) is 0.103. The van der Waals surface area contributed by atoms with Crippen LogP contribution in [0.25, 0.3) is 10.9 Å². The average molecular weight is 384 g/mol. The predicted molar refractivity (Wildman–Crippen MR) is 103 cm³/mol. The van der Waals surface area contributed by atoms with Crippen LogP contribution >= 0.6 is 11.6 Å². The topological polar surface area (TPSA) is 86.5 Å². The van der Waals surface area contributed by atoms with Crippen molar-refractivity contribution in [1.82, 2.24) is 9.97 Å². The van der Waals surface area contributed by atoms with Gasteiger partial charge in [-0.3, -0.25) is 4.98 Å². The van der Waals surface area contributed by atoms with Gasteiger partial charge in [-0.05, 0) is 30.7 Å². The largest absolute Gasteiger partial charge is 0.476 e.